The van der Waals surface area contributed by atoms with E-state index in [0.29, 0.717) is 30.4 Å². The van der Waals surface area contributed by atoms with E-state index in [1.807, 2.05) is 45.0 Å². The van der Waals surface area contributed by atoms with E-state index in [9.17, 15) is 13.2 Å². The zero-order valence-electron chi connectivity index (χ0n) is 19.7. The minimum Gasteiger partial charge on any atom is -0.494 e. The molecule has 0 heterocycles. The Morgan fingerprint density at radius 2 is 1.53 bits per heavy atom. The van der Waals surface area contributed by atoms with Gasteiger partial charge in [0.05, 0.1) is 23.8 Å². The summed E-state index contributed by atoms with van der Waals surface area (Å²) in [5.74, 6) is 0.913. The van der Waals surface area contributed by atoms with Crippen LogP contribution in [0, 0.1) is 6.92 Å². The molecule has 0 spiro atoms. The summed E-state index contributed by atoms with van der Waals surface area (Å²) in [6.07, 6.45) is 0. The molecule has 3 aromatic rings. The molecule has 0 saturated heterocycles. The molecule has 3 rings (SSSR count). The minimum atomic E-state index is -3.98. The highest BCUT2D eigenvalue weighted by molar-refractivity contribution is 7.92. The Kier molecular flexibility index (Phi) is 8.54. The minimum absolute atomic E-state index is 0.115. The quantitative estimate of drug-likeness (QED) is 0.440. The van der Waals surface area contributed by atoms with Gasteiger partial charge in [0.25, 0.3) is 10.0 Å². The van der Waals surface area contributed by atoms with Crippen molar-refractivity contribution in [1.29, 1.82) is 0 Å². The lowest BCUT2D eigenvalue weighted by molar-refractivity contribution is -0.119. The van der Waals surface area contributed by atoms with Crippen molar-refractivity contribution in [3.05, 3.63) is 83.9 Å². The number of hydrogen-bond acceptors (Lipinski definition) is 5. The number of ether oxygens (including phenoxy) is 2. The zero-order chi connectivity index (χ0) is 24.6. The molecule has 0 aromatic heterocycles. The van der Waals surface area contributed by atoms with Gasteiger partial charge in [-0.1, -0.05) is 29.8 Å². The van der Waals surface area contributed by atoms with Crippen LogP contribution in [0.4, 0.5) is 5.69 Å². The van der Waals surface area contributed by atoms with E-state index in [4.69, 9.17) is 9.47 Å². The second kappa shape index (κ2) is 11.6. The van der Waals surface area contributed by atoms with Gasteiger partial charge in [0.15, 0.2) is 0 Å². The lowest BCUT2D eigenvalue weighted by Gasteiger charge is -2.24. The molecule has 0 aliphatic heterocycles. The van der Waals surface area contributed by atoms with Gasteiger partial charge in [-0.25, -0.2) is 8.42 Å². The molecule has 0 atom stereocenters. The lowest BCUT2D eigenvalue weighted by Crippen LogP contribution is -2.40. The summed E-state index contributed by atoms with van der Waals surface area (Å²) in [6, 6.07) is 20.6. The first-order valence-corrected chi connectivity index (χ1v) is 12.6. The van der Waals surface area contributed by atoms with Crippen molar-refractivity contribution in [3.8, 4) is 11.5 Å². The number of hydrogen-bond donors (Lipinski definition) is 1. The summed E-state index contributed by atoms with van der Waals surface area (Å²) < 4.78 is 39.0. The third-order valence-electron chi connectivity index (χ3n) is 5.03. The van der Waals surface area contributed by atoms with Crippen LogP contribution in [-0.2, 0) is 21.4 Å². The van der Waals surface area contributed by atoms with Crippen molar-refractivity contribution in [1.82, 2.24) is 5.32 Å². The predicted molar refractivity (Wildman–Crippen MR) is 133 cm³/mol. The van der Waals surface area contributed by atoms with E-state index in [2.05, 4.69) is 5.32 Å². The molecular formula is C26H30N2O5S. The first-order valence-electron chi connectivity index (χ1n) is 11.1. The zero-order valence-corrected chi connectivity index (χ0v) is 20.5. The number of benzene rings is 3. The van der Waals surface area contributed by atoms with Gasteiger partial charge in [-0.15, -0.1) is 0 Å². The highest BCUT2D eigenvalue weighted by Crippen LogP contribution is 2.26. The van der Waals surface area contributed by atoms with Crippen molar-refractivity contribution in [2.75, 3.05) is 24.1 Å². The van der Waals surface area contributed by atoms with Crippen molar-refractivity contribution < 1.29 is 22.7 Å². The summed E-state index contributed by atoms with van der Waals surface area (Å²) in [4.78, 5) is 13.0. The van der Waals surface area contributed by atoms with Gasteiger partial charge in [-0.3, -0.25) is 9.10 Å². The second-order valence-corrected chi connectivity index (χ2v) is 9.47. The molecule has 0 fully saturated rings. The molecule has 0 unspecified atom stereocenters. The summed E-state index contributed by atoms with van der Waals surface area (Å²) in [7, 11) is -3.98. The van der Waals surface area contributed by atoms with E-state index >= 15 is 0 Å². The van der Waals surface area contributed by atoms with Crippen LogP contribution in [0.3, 0.4) is 0 Å². The molecule has 0 radical (unpaired) electrons. The number of carbonyl (C=O) groups is 1. The van der Waals surface area contributed by atoms with E-state index in [0.717, 1.165) is 15.4 Å². The average molecular weight is 483 g/mol. The summed E-state index contributed by atoms with van der Waals surface area (Å²) in [6.45, 7) is 6.58. The van der Waals surface area contributed by atoms with Crippen LogP contribution in [0.15, 0.2) is 77.7 Å². The van der Waals surface area contributed by atoms with Crippen molar-refractivity contribution in [3.63, 3.8) is 0 Å². The van der Waals surface area contributed by atoms with Crippen LogP contribution >= 0.6 is 0 Å². The molecule has 34 heavy (non-hydrogen) atoms. The molecule has 0 aliphatic rings. The van der Waals surface area contributed by atoms with Crippen molar-refractivity contribution in [2.24, 2.45) is 0 Å². The largest absolute Gasteiger partial charge is 0.494 e. The SMILES string of the molecule is CCOc1ccc(N(CC(=O)NCc2cccc(OCC)c2)S(=O)(=O)c2ccc(C)cc2)cc1. The van der Waals surface area contributed by atoms with Crippen LogP contribution in [-0.4, -0.2) is 34.1 Å². The maximum absolute atomic E-state index is 13.5. The molecule has 3 aromatic carbocycles. The Bertz CT molecular complexity index is 1190. The van der Waals surface area contributed by atoms with Crippen LogP contribution in [0.25, 0.3) is 0 Å². The van der Waals surface area contributed by atoms with E-state index in [1.165, 1.54) is 0 Å². The molecule has 8 heteroatoms. The number of rotatable bonds is 11. The molecule has 1 N–H and O–H groups in total. The maximum Gasteiger partial charge on any atom is 0.264 e. The number of sulfonamides is 1. The average Bonchev–Trinajstić information content (AvgIpc) is 2.83. The van der Waals surface area contributed by atoms with Gasteiger partial charge in [0.2, 0.25) is 5.91 Å². The Morgan fingerprint density at radius 3 is 2.18 bits per heavy atom. The lowest BCUT2D eigenvalue weighted by atomic mass is 10.2. The highest BCUT2D eigenvalue weighted by atomic mass is 32.2. The number of anilines is 1. The van der Waals surface area contributed by atoms with Crippen LogP contribution in [0.5, 0.6) is 11.5 Å². The van der Waals surface area contributed by atoms with Crippen LogP contribution < -0.4 is 19.1 Å². The topological polar surface area (TPSA) is 84.9 Å². The second-order valence-electron chi connectivity index (χ2n) is 7.61. The fourth-order valence-corrected chi connectivity index (χ4v) is 4.75. The van der Waals surface area contributed by atoms with Crippen LogP contribution in [0.2, 0.25) is 0 Å². The molecule has 180 valence electrons. The van der Waals surface area contributed by atoms with Crippen molar-refractivity contribution in [2.45, 2.75) is 32.2 Å². The Hall–Kier alpha value is -3.52. The number of carbonyl (C=O) groups excluding carboxylic acids is 1. The molecule has 0 bridgehead atoms. The number of nitrogens with one attached hydrogen (secondary N) is 1. The summed E-state index contributed by atoms with van der Waals surface area (Å²) in [5, 5.41) is 2.81. The molecule has 0 saturated carbocycles. The molecule has 7 nitrogen and oxygen atoms in total. The van der Waals surface area contributed by atoms with Gasteiger partial charge < -0.3 is 14.8 Å². The van der Waals surface area contributed by atoms with E-state index < -0.39 is 15.9 Å². The van der Waals surface area contributed by atoms with E-state index in [-0.39, 0.29) is 18.0 Å². The maximum atomic E-state index is 13.5. The van der Waals surface area contributed by atoms with Crippen molar-refractivity contribution >= 4 is 21.6 Å². The third kappa shape index (κ3) is 6.51. The first kappa shape index (κ1) is 25.1. The fourth-order valence-electron chi connectivity index (χ4n) is 3.33. The highest BCUT2D eigenvalue weighted by Gasteiger charge is 2.27. The van der Waals surface area contributed by atoms with Crippen LogP contribution in [0.1, 0.15) is 25.0 Å². The summed E-state index contributed by atoms with van der Waals surface area (Å²) in [5.41, 5.74) is 2.17. The Morgan fingerprint density at radius 1 is 0.882 bits per heavy atom. The first-order chi connectivity index (χ1) is 16.3. The van der Waals surface area contributed by atoms with E-state index in [1.54, 1.807) is 48.5 Å². The van der Waals surface area contributed by atoms with Gasteiger partial charge in [0.1, 0.15) is 18.0 Å². The van der Waals surface area contributed by atoms with Gasteiger partial charge in [0, 0.05) is 6.54 Å². The Labute approximate surface area is 201 Å². The van der Waals surface area contributed by atoms with Gasteiger partial charge in [-0.2, -0.15) is 0 Å². The number of aryl methyl sites for hydroxylation is 1. The third-order valence-corrected chi connectivity index (χ3v) is 6.82. The fraction of sp³-hybridized carbons (Fsp3) is 0.269. The molecule has 0 aliphatic carbocycles. The van der Waals surface area contributed by atoms with Gasteiger partial charge in [-0.05, 0) is 74.9 Å². The monoisotopic (exact) mass is 482 g/mol. The molecule has 1 amide bonds. The number of amides is 1. The standard InChI is InChI=1S/C26H30N2O5S/c1-4-32-23-13-11-22(12-14-23)28(34(30,31)25-15-9-20(3)10-16-25)19-26(29)27-18-21-7-6-8-24(17-21)33-5-2/h6-17H,4-5,18-19H2,1-3H3,(H,27,29). The normalized spacial score (nSPS) is 11.0. The Balaban J connectivity index is 1.82. The number of nitrogens with zero attached hydrogens (tertiary/aromatic N) is 1. The molecular weight excluding hydrogens is 452 g/mol. The smallest absolute Gasteiger partial charge is 0.264 e. The van der Waals surface area contributed by atoms with Gasteiger partial charge >= 0.3 is 0 Å². The summed E-state index contributed by atoms with van der Waals surface area (Å²) >= 11 is 0. The predicted octanol–water partition coefficient (Wildman–Crippen LogP) is 4.30.